The van der Waals surface area contributed by atoms with Gasteiger partial charge < -0.3 is 4.90 Å². The molecule has 0 saturated carbocycles. The van der Waals surface area contributed by atoms with Crippen LogP contribution in [-0.4, -0.2) is 0 Å². The monoisotopic (exact) mass is 467 g/mol. The van der Waals surface area contributed by atoms with Gasteiger partial charge in [0, 0.05) is 17.1 Å². The van der Waals surface area contributed by atoms with E-state index in [1.807, 2.05) is 0 Å². The summed E-state index contributed by atoms with van der Waals surface area (Å²) in [6.45, 7) is 23.3. The topological polar surface area (TPSA) is 3.24 Å². The van der Waals surface area contributed by atoms with Gasteiger partial charge in [0.05, 0.1) is 0 Å². The van der Waals surface area contributed by atoms with Gasteiger partial charge in [-0.15, -0.1) is 0 Å². The van der Waals surface area contributed by atoms with E-state index in [4.69, 9.17) is 0 Å². The van der Waals surface area contributed by atoms with Crippen LogP contribution in [0.2, 0.25) is 0 Å². The van der Waals surface area contributed by atoms with Gasteiger partial charge in [0.25, 0.3) is 0 Å². The molecule has 0 heterocycles. The van der Waals surface area contributed by atoms with Crippen molar-refractivity contribution in [2.45, 2.75) is 105 Å². The molecule has 1 unspecified atom stereocenters. The van der Waals surface area contributed by atoms with Gasteiger partial charge in [0.2, 0.25) is 0 Å². The van der Waals surface area contributed by atoms with E-state index in [1.54, 1.807) is 11.1 Å². The van der Waals surface area contributed by atoms with Crippen molar-refractivity contribution in [1.29, 1.82) is 0 Å². The van der Waals surface area contributed by atoms with E-state index < -0.39 is 0 Å². The zero-order valence-electron chi connectivity index (χ0n) is 23.8. The van der Waals surface area contributed by atoms with Crippen LogP contribution < -0.4 is 4.90 Å². The number of nitrogens with zero attached hydrogens (tertiary/aromatic N) is 1. The molecule has 3 aromatic carbocycles. The summed E-state index contributed by atoms with van der Waals surface area (Å²) in [7, 11) is 0. The zero-order valence-corrected chi connectivity index (χ0v) is 23.8. The van der Waals surface area contributed by atoms with Crippen LogP contribution in [-0.2, 0) is 16.2 Å². The van der Waals surface area contributed by atoms with Crippen molar-refractivity contribution in [3.8, 4) is 0 Å². The van der Waals surface area contributed by atoms with Crippen LogP contribution in [0.25, 0.3) is 0 Å². The third-order valence-corrected chi connectivity index (χ3v) is 8.54. The van der Waals surface area contributed by atoms with Crippen molar-refractivity contribution in [2.24, 2.45) is 0 Å². The van der Waals surface area contributed by atoms with Crippen LogP contribution in [0.4, 0.5) is 17.1 Å². The molecule has 0 N–H and O–H groups in total. The van der Waals surface area contributed by atoms with Crippen LogP contribution in [0.15, 0.2) is 54.6 Å². The Morgan fingerprint density at radius 1 is 0.771 bits per heavy atom. The molecule has 1 aliphatic carbocycles. The molecule has 0 bridgehead atoms. The third kappa shape index (κ3) is 4.67. The van der Waals surface area contributed by atoms with Crippen molar-refractivity contribution in [2.75, 3.05) is 4.90 Å². The van der Waals surface area contributed by atoms with Gasteiger partial charge in [-0.1, -0.05) is 72.7 Å². The molecule has 1 heteroatoms. The molecular weight excluding hydrogens is 422 g/mol. The van der Waals surface area contributed by atoms with Crippen molar-refractivity contribution in [3.63, 3.8) is 0 Å². The number of hydrogen-bond donors (Lipinski definition) is 0. The van der Waals surface area contributed by atoms with Gasteiger partial charge in [0.15, 0.2) is 0 Å². The van der Waals surface area contributed by atoms with Crippen LogP contribution in [0.5, 0.6) is 0 Å². The third-order valence-electron chi connectivity index (χ3n) is 8.54. The highest BCUT2D eigenvalue weighted by Gasteiger charge is 2.40. The summed E-state index contributed by atoms with van der Waals surface area (Å²) in [5.41, 5.74) is 12.8. The maximum atomic E-state index is 2.48. The first-order chi connectivity index (χ1) is 16.3. The first-order valence-electron chi connectivity index (χ1n) is 13.4. The van der Waals surface area contributed by atoms with Gasteiger partial charge in [-0.3, -0.25) is 0 Å². The van der Waals surface area contributed by atoms with E-state index in [1.165, 1.54) is 58.6 Å². The Morgan fingerprint density at radius 2 is 1.37 bits per heavy atom. The minimum absolute atomic E-state index is 0.139. The van der Waals surface area contributed by atoms with Crippen LogP contribution in [0.3, 0.4) is 0 Å². The average Bonchev–Trinajstić information content (AvgIpc) is 2.77. The van der Waals surface area contributed by atoms with E-state index >= 15 is 0 Å². The highest BCUT2D eigenvalue weighted by molar-refractivity contribution is 5.80. The highest BCUT2D eigenvalue weighted by Crippen LogP contribution is 2.51. The van der Waals surface area contributed by atoms with E-state index in [0.717, 1.165) is 0 Å². The molecule has 0 amide bonds. The van der Waals surface area contributed by atoms with Gasteiger partial charge in [-0.05, 0) is 120 Å². The standard InChI is InChI=1S/C34H45N/c1-11-34(10)19-18-33(8,9)31-25(4)30(17-16-29(31)34)35(28-21-23(2)20-24(3)22-28)27-14-12-26(13-15-27)32(5,6)7/h12-17,20-22H,11,18-19H2,1-10H3. The second-order valence-corrected chi connectivity index (χ2v) is 12.9. The molecule has 186 valence electrons. The van der Waals surface area contributed by atoms with E-state index in [0.29, 0.717) is 0 Å². The van der Waals surface area contributed by atoms with Crippen molar-refractivity contribution >= 4 is 17.1 Å². The van der Waals surface area contributed by atoms with Crippen LogP contribution in [0, 0.1) is 20.8 Å². The van der Waals surface area contributed by atoms with Gasteiger partial charge in [-0.2, -0.15) is 0 Å². The molecule has 3 aromatic rings. The normalized spacial score (nSPS) is 19.4. The number of aryl methyl sites for hydroxylation is 2. The Kier molecular flexibility index (Phi) is 6.45. The number of benzene rings is 3. The van der Waals surface area contributed by atoms with Crippen LogP contribution >= 0.6 is 0 Å². The fraction of sp³-hybridized carbons (Fsp3) is 0.471. The first kappa shape index (κ1) is 25.5. The number of hydrogen-bond acceptors (Lipinski definition) is 1. The molecule has 4 rings (SSSR count). The fourth-order valence-corrected chi connectivity index (χ4v) is 6.15. The van der Waals surface area contributed by atoms with Gasteiger partial charge in [-0.25, -0.2) is 0 Å². The number of rotatable bonds is 4. The number of anilines is 3. The van der Waals surface area contributed by atoms with E-state index in [-0.39, 0.29) is 16.2 Å². The molecule has 0 saturated heterocycles. The summed E-state index contributed by atoms with van der Waals surface area (Å²) >= 11 is 0. The summed E-state index contributed by atoms with van der Waals surface area (Å²) in [5, 5.41) is 0. The lowest BCUT2D eigenvalue weighted by Crippen LogP contribution is -2.36. The Hall–Kier alpha value is -2.54. The molecule has 1 atom stereocenters. The van der Waals surface area contributed by atoms with Crippen molar-refractivity contribution in [1.82, 2.24) is 0 Å². The van der Waals surface area contributed by atoms with Crippen molar-refractivity contribution < 1.29 is 0 Å². The molecule has 0 aromatic heterocycles. The van der Waals surface area contributed by atoms with Gasteiger partial charge >= 0.3 is 0 Å². The van der Waals surface area contributed by atoms with Crippen LogP contribution in [0.1, 0.15) is 101 Å². The Bertz CT molecular complexity index is 1200. The molecule has 1 nitrogen and oxygen atoms in total. The Morgan fingerprint density at radius 3 is 1.91 bits per heavy atom. The SMILES string of the molecule is CCC1(C)CCC(C)(C)c2c1ccc(N(c1ccc(C(C)(C)C)cc1)c1cc(C)cc(C)c1)c2C. The summed E-state index contributed by atoms with van der Waals surface area (Å²) in [4.78, 5) is 2.48. The fourth-order valence-electron chi connectivity index (χ4n) is 6.15. The smallest absolute Gasteiger partial charge is 0.0493 e. The predicted octanol–water partition coefficient (Wildman–Crippen LogP) is 10.1. The molecular formula is C34H45N. The maximum Gasteiger partial charge on any atom is 0.0493 e. The number of fused-ring (bicyclic) bond motifs is 1. The second-order valence-electron chi connectivity index (χ2n) is 12.9. The van der Waals surface area contributed by atoms with E-state index in [2.05, 4.69) is 129 Å². The van der Waals surface area contributed by atoms with E-state index in [9.17, 15) is 0 Å². The molecule has 1 aliphatic rings. The quantitative estimate of drug-likeness (QED) is 0.369. The maximum absolute atomic E-state index is 2.48. The molecule has 0 spiro atoms. The minimum atomic E-state index is 0.139. The Labute approximate surface area is 214 Å². The van der Waals surface area contributed by atoms with Crippen molar-refractivity contribution in [3.05, 3.63) is 88.0 Å². The zero-order chi connectivity index (χ0) is 25.8. The minimum Gasteiger partial charge on any atom is -0.310 e. The summed E-state index contributed by atoms with van der Waals surface area (Å²) in [5.74, 6) is 0. The molecule has 0 radical (unpaired) electrons. The largest absolute Gasteiger partial charge is 0.310 e. The first-order valence-corrected chi connectivity index (χ1v) is 13.4. The summed E-state index contributed by atoms with van der Waals surface area (Å²) < 4.78 is 0. The lowest BCUT2D eigenvalue weighted by Gasteiger charge is -2.45. The molecule has 0 fully saturated rings. The predicted molar refractivity (Wildman–Crippen MR) is 154 cm³/mol. The highest BCUT2D eigenvalue weighted by atomic mass is 15.1. The second kappa shape index (κ2) is 8.84. The Balaban J connectivity index is 1.97. The lowest BCUT2D eigenvalue weighted by molar-refractivity contribution is 0.304. The molecule has 0 aliphatic heterocycles. The summed E-state index contributed by atoms with van der Waals surface area (Å²) in [6, 6.07) is 21.0. The van der Waals surface area contributed by atoms with Gasteiger partial charge in [0.1, 0.15) is 0 Å². The average molecular weight is 468 g/mol. The summed E-state index contributed by atoms with van der Waals surface area (Å²) in [6.07, 6.45) is 3.68. The molecule has 35 heavy (non-hydrogen) atoms. The lowest BCUT2D eigenvalue weighted by atomic mass is 9.60.